The Balaban J connectivity index is 2.85. The van der Waals surface area contributed by atoms with Crippen LogP contribution in [0.15, 0.2) is 11.6 Å². The van der Waals surface area contributed by atoms with E-state index >= 15 is 0 Å². The molecule has 1 fully saturated rings. The molecule has 0 spiro atoms. The van der Waals surface area contributed by atoms with Crippen molar-refractivity contribution in [2.24, 2.45) is 22.7 Å². The van der Waals surface area contributed by atoms with Crippen LogP contribution in [0.5, 0.6) is 0 Å². The van der Waals surface area contributed by atoms with Crippen LogP contribution in [0.4, 0.5) is 0 Å². The fraction of sp³-hybridized carbons (Fsp3) is 0.778. The summed E-state index contributed by atoms with van der Waals surface area (Å²) in [5.74, 6) is 0.374. The molecule has 0 aliphatic heterocycles. The summed E-state index contributed by atoms with van der Waals surface area (Å²) in [7, 11) is 0. The first kappa shape index (κ1) is 17.9. The molecule has 0 radical (unpaired) electrons. The van der Waals surface area contributed by atoms with Crippen molar-refractivity contribution in [2.45, 2.75) is 67.9 Å². The smallest absolute Gasteiger partial charge is 0.224 e. The van der Waals surface area contributed by atoms with E-state index in [2.05, 4.69) is 39.1 Å². The van der Waals surface area contributed by atoms with Gasteiger partial charge in [0.05, 0.1) is 12.0 Å². The first-order valence-electron chi connectivity index (χ1n) is 7.91. The normalized spacial score (nSPS) is 25.0. The van der Waals surface area contributed by atoms with Gasteiger partial charge in [-0.3, -0.25) is 9.59 Å². The second-order valence-electron chi connectivity index (χ2n) is 8.20. The maximum Gasteiger partial charge on any atom is 0.224 e. The molecule has 1 amide bonds. The molecule has 1 saturated carbocycles. The first-order chi connectivity index (χ1) is 9.42. The molecule has 1 unspecified atom stereocenters. The highest BCUT2D eigenvalue weighted by molar-refractivity contribution is 5.91. The van der Waals surface area contributed by atoms with Gasteiger partial charge in [-0.2, -0.15) is 0 Å². The van der Waals surface area contributed by atoms with Gasteiger partial charge in [-0.15, -0.1) is 0 Å². The van der Waals surface area contributed by atoms with Gasteiger partial charge in [-0.05, 0) is 30.6 Å². The summed E-state index contributed by atoms with van der Waals surface area (Å²) in [5.41, 5.74) is 0.965. The number of carbonyl (C=O) groups is 2. The molecule has 0 bridgehead atoms. The van der Waals surface area contributed by atoms with Gasteiger partial charge in [0.2, 0.25) is 5.91 Å². The van der Waals surface area contributed by atoms with Crippen LogP contribution in [-0.2, 0) is 9.59 Å². The molecule has 1 aliphatic carbocycles. The minimum Gasteiger partial charge on any atom is -0.345 e. The predicted octanol–water partition coefficient (Wildman–Crippen LogP) is 3.73. The molecule has 0 aromatic heterocycles. The van der Waals surface area contributed by atoms with E-state index in [9.17, 15) is 9.59 Å². The lowest BCUT2D eigenvalue weighted by molar-refractivity contribution is -0.131. The van der Waals surface area contributed by atoms with Gasteiger partial charge < -0.3 is 5.32 Å². The number of carbonyl (C=O) groups excluding carboxylic acids is 2. The molecule has 3 heteroatoms. The second-order valence-corrected chi connectivity index (χ2v) is 8.20. The predicted molar refractivity (Wildman–Crippen MR) is 86.9 cm³/mol. The number of amides is 1. The van der Waals surface area contributed by atoms with Gasteiger partial charge >= 0.3 is 0 Å². The highest BCUT2D eigenvalue weighted by Crippen LogP contribution is 2.59. The summed E-state index contributed by atoms with van der Waals surface area (Å²) in [6, 6.07) is -0.404. The summed E-state index contributed by atoms with van der Waals surface area (Å²) in [6.45, 7) is 16.2. The van der Waals surface area contributed by atoms with Crippen molar-refractivity contribution in [2.75, 3.05) is 0 Å². The summed E-state index contributed by atoms with van der Waals surface area (Å²) in [6.07, 6.45) is 2.63. The van der Waals surface area contributed by atoms with Crippen LogP contribution < -0.4 is 5.32 Å². The van der Waals surface area contributed by atoms with Crippen molar-refractivity contribution in [1.29, 1.82) is 0 Å². The molecule has 21 heavy (non-hydrogen) atoms. The summed E-state index contributed by atoms with van der Waals surface area (Å²) in [4.78, 5) is 24.7. The van der Waals surface area contributed by atoms with Crippen LogP contribution in [0.2, 0.25) is 0 Å². The van der Waals surface area contributed by atoms with Crippen molar-refractivity contribution >= 4 is 11.7 Å². The Hall–Kier alpha value is -1.12. The maximum atomic E-state index is 12.6. The van der Waals surface area contributed by atoms with Crippen LogP contribution in [0.1, 0.15) is 61.8 Å². The molecule has 0 heterocycles. The lowest BCUT2D eigenvalue weighted by Crippen LogP contribution is -2.49. The first-order valence-corrected chi connectivity index (χ1v) is 7.91. The van der Waals surface area contributed by atoms with Crippen molar-refractivity contribution < 1.29 is 9.59 Å². The monoisotopic (exact) mass is 293 g/mol. The largest absolute Gasteiger partial charge is 0.345 e. The van der Waals surface area contributed by atoms with Gasteiger partial charge in [0.1, 0.15) is 0 Å². The third-order valence-electron chi connectivity index (χ3n) is 4.53. The standard InChI is InChI=1S/C18H31NO2/c1-9-13(20)15(17(4,5)6)19-16(21)14-12(10-11(2)3)18(14,7)8/h10,12,14-15H,9H2,1-8H3,(H,19,21)/t12-,14?,15-/m1/s1. The van der Waals surface area contributed by atoms with Gasteiger partial charge in [0.15, 0.2) is 5.78 Å². The quantitative estimate of drug-likeness (QED) is 0.785. The topological polar surface area (TPSA) is 46.2 Å². The van der Waals surface area contributed by atoms with Crippen molar-refractivity contribution in [1.82, 2.24) is 5.32 Å². The average molecular weight is 293 g/mol. The van der Waals surface area contributed by atoms with E-state index in [1.54, 1.807) is 0 Å². The fourth-order valence-electron chi connectivity index (χ4n) is 3.06. The number of Topliss-reactive ketones (excluding diaryl/α,β-unsaturated/α-hetero) is 1. The molecule has 1 rings (SSSR count). The van der Waals surface area contributed by atoms with Crippen LogP contribution in [0.3, 0.4) is 0 Å². The zero-order chi connectivity index (χ0) is 16.6. The fourth-order valence-corrected chi connectivity index (χ4v) is 3.06. The molecule has 1 N–H and O–H groups in total. The molecule has 0 aromatic rings. The highest BCUT2D eigenvalue weighted by atomic mass is 16.2. The Bertz CT molecular complexity index is 450. The zero-order valence-corrected chi connectivity index (χ0v) is 14.8. The molecular formula is C18H31NO2. The zero-order valence-electron chi connectivity index (χ0n) is 14.8. The summed E-state index contributed by atoms with van der Waals surface area (Å²) >= 11 is 0. The maximum absolute atomic E-state index is 12.6. The van der Waals surface area contributed by atoms with Crippen LogP contribution in [-0.4, -0.2) is 17.7 Å². The summed E-state index contributed by atoms with van der Waals surface area (Å²) in [5, 5.41) is 3.01. The third kappa shape index (κ3) is 3.96. The van der Waals surface area contributed by atoms with E-state index in [1.807, 2.05) is 27.7 Å². The van der Waals surface area contributed by atoms with Gasteiger partial charge in [-0.25, -0.2) is 0 Å². The Labute approximate surface area is 129 Å². The molecular weight excluding hydrogens is 262 g/mol. The molecule has 3 atom stereocenters. The van der Waals surface area contributed by atoms with Crippen LogP contribution in [0.25, 0.3) is 0 Å². The van der Waals surface area contributed by atoms with Crippen LogP contribution >= 0.6 is 0 Å². The molecule has 3 nitrogen and oxygen atoms in total. The Morgan fingerprint density at radius 3 is 2.14 bits per heavy atom. The van der Waals surface area contributed by atoms with E-state index < -0.39 is 6.04 Å². The lowest BCUT2D eigenvalue weighted by atomic mass is 9.83. The number of rotatable bonds is 5. The van der Waals surface area contributed by atoms with Crippen molar-refractivity contribution in [3.8, 4) is 0 Å². The number of allylic oxidation sites excluding steroid dienone is 2. The highest BCUT2D eigenvalue weighted by Gasteiger charge is 2.60. The van der Waals surface area contributed by atoms with E-state index in [4.69, 9.17) is 0 Å². The third-order valence-corrected chi connectivity index (χ3v) is 4.53. The van der Waals surface area contributed by atoms with E-state index in [-0.39, 0.29) is 34.4 Å². The summed E-state index contributed by atoms with van der Waals surface area (Å²) < 4.78 is 0. The Kier molecular flexibility index (Phi) is 5.07. The number of nitrogens with one attached hydrogen (secondary N) is 1. The van der Waals surface area contributed by atoms with Crippen LogP contribution in [0, 0.1) is 22.7 Å². The minimum absolute atomic E-state index is 0.0148. The molecule has 1 aliphatic rings. The second kappa shape index (κ2) is 5.94. The van der Waals surface area contributed by atoms with Gasteiger partial charge in [-0.1, -0.05) is 53.2 Å². The molecule has 0 saturated heterocycles. The van der Waals surface area contributed by atoms with E-state index in [1.165, 1.54) is 5.57 Å². The minimum atomic E-state index is -0.404. The van der Waals surface area contributed by atoms with Crippen molar-refractivity contribution in [3.63, 3.8) is 0 Å². The molecule has 0 aromatic carbocycles. The Morgan fingerprint density at radius 2 is 1.76 bits per heavy atom. The van der Waals surface area contributed by atoms with Gasteiger partial charge in [0, 0.05) is 6.42 Å². The van der Waals surface area contributed by atoms with E-state index in [0.717, 1.165) is 0 Å². The van der Waals surface area contributed by atoms with Gasteiger partial charge in [0.25, 0.3) is 0 Å². The molecule has 120 valence electrons. The SMILES string of the molecule is CCC(=O)[C@@H](NC(=O)C1[C@@H](C=C(C)C)C1(C)C)C(C)(C)C. The Morgan fingerprint density at radius 1 is 1.24 bits per heavy atom. The van der Waals surface area contributed by atoms with Crippen molar-refractivity contribution in [3.05, 3.63) is 11.6 Å². The lowest BCUT2D eigenvalue weighted by Gasteiger charge is -2.30. The average Bonchev–Trinajstić information content (AvgIpc) is 2.84. The number of hydrogen-bond donors (Lipinski definition) is 1. The number of hydrogen-bond acceptors (Lipinski definition) is 2. The van der Waals surface area contributed by atoms with E-state index in [0.29, 0.717) is 6.42 Å². The number of ketones is 1.